The summed E-state index contributed by atoms with van der Waals surface area (Å²) in [5.41, 5.74) is 0.691. The van der Waals surface area contributed by atoms with E-state index in [4.69, 9.17) is 0 Å². The molecular weight excluding hydrogens is 278 g/mol. The van der Waals surface area contributed by atoms with Crippen molar-refractivity contribution in [2.75, 3.05) is 11.9 Å². The van der Waals surface area contributed by atoms with Gasteiger partial charge in [-0.25, -0.2) is 9.67 Å². The first-order valence-corrected chi connectivity index (χ1v) is 6.94. The third-order valence-corrected chi connectivity index (χ3v) is 3.61. The average molecular weight is 291 g/mol. The van der Waals surface area contributed by atoms with Crippen molar-refractivity contribution in [2.24, 2.45) is 7.05 Å². The number of aryl methyl sites for hydroxylation is 1. The topological polar surface area (TPSA) is 110 Å². The Morgan fingerprint density at radius 1 is 1.40 bits per heavy atom. The minimum absolute atomic E-state index is 0.571. The highest BCUT2D eigenvalue weighted by Gasteiger charge is 2.13. The summed E-state index contributed by atoms with van der Waals surface area (Å²) in [6.07, 6.45) is 2.70. The molecular formula is C10H13N9S. The fourth-order valence-corrected chi connectivity index (χ4v) is 2.41. The molecule has 3 aromatic rings. The molecule has 0 aromatic carbocycles. The Morgan fingerprint density at radius 3 is 3.05 bits per heavy atom. The van der Waals surface area contributed by atoms with E-state index in [0.717, 1.165) is 23.4 Å². The highest BCUT2D eigenvalue weighted by atomic mass is 32.2. The number of aromatic amines is 1. The summed E-state index contributed by atoms with van der Waals surface area (Å²) in [5.74, 6) is 0.571. The fourth-order valence-electron chi connectivity index (χ4n) is 1.60. The predicted octanol–water partition coefficient (Wildman–Crippen LogP) is 0.849. The van der Waals surface area contributed by atoms with E-state index in [-0.39, 0.29) is 0 Å². The van der Waals surface area contributed by atoms with Gasteiger partial charge in [-0.3, -0.25) is 5.10 Å². The van der Waals surface area contributed by atoms with Gasteiger partial charge < -0.3 is 5.32 Å². The maximum atomic E-state index is 4.50. The fraction of sp³-hybridized carbons (Fsp3) is 0.400. The van der Waals surface area contributed by atoms with E-state index in [2.05, 4.69) is 47.9 Å². The Labute approximate surface area is 118 Å². The number of nitrogens with one attached hydrogen (secondary N) is 2. The number of rotatable bonds is 5. The van der Waals surface area contributed by atoms with Crippen LogP contribution < -0.4 is 5.32 Å². The van der Waals surface area contributed by atoms with E-state index < -0.39 is 0 Å². The van der Waals surface area contributed by atoms with Gasteiger partial charge in [0.2, 0.25) is 11.1 Å². The number of anilines is 1. The lowest BCUT2D eigenvalue weighted by Crippen LogP contribution is -2.05. The van der Waals surface area contributed by atoms with Crippen molar-refractivity contribution >= 4 is 28.7 Å². The molecule has 20 heavy (non-hydrogen) atoms. The molecule has 0 saturated carbocycles. The molecule has 3 heterocycles. The molecule has 2 N–H and O–H groups in total. The Hall–Kier alpha value is -2.23. The Morgan fingerprint density at radius 2 is 2.30 bits per heavy atom. The Bertz CT molecular complexity index is 718. The SMILES string of the molecule is CCCNc1nc(Sc2nnnn2C)c2cn[nH]c2n1. The second-order valence-electron chi connectivity index (χ2n) is 4.10. The van der Waals surface area contributed by atoms with Gasteiger partial charge in [0, 0.05) is 13.6 Å². The molecule has 0 atom stereocenters. The molecule has 0 aliphatic rings. The third-order valence-electron chi connectivity index (χ3n) is 2.58. The molecule has 10 heteroatoms. The first kappa shape index (κ1) is 12.8. The molecule has 0 spiro atoms. The monoisotopic (exact) mass is 291 g/mol. The first-order valence-electron chi connectivity index (χ1n) is 6.13. The predicted molar refractivity (Wildman–Crippen MR) is 73.4 cm³/mol. The quantitative estimate of drug-likeness (QED) is 0.666. The zero-order valence-electron chi connectivity index (χ0n) is 11.0. The van der Waals surface area contributed by atoms with E-state index in [1.54, 1.807) is 17.9 Å². The van der Waals surface area contributed by atoms with Crippen molar-refractivity contribution < 1.29 is 0 Å². The van der Waals surface area contributed by atoms with E-state index in [0.29, 0.717) is 16.8 Å². The van der Waals surface area contributed by atoms with Crippen LogP contribution in [0.25, 0.3) is 11.0 Å². The van der Waals surface area contributed by atoms with Gasteiger partial charge in [-0.05, 0) is 28.6 Å². The number of aromatic nitrogens is 8. The summed E-state index contributed by atoms with van der Waals surface area (Å²) < 4.78 is 1.60. The van der Waals surface area contributed by atoms with Crippen molar-refractivity contribution in [3.05, 3.63) is 6.20 Å². The lowest BCUT2D eigenvalue weighted by Gasteiger charge is -2.05. The van der Waals surface area contributed by atoms with Gasteiger partial charge in [0.15, 0.2) is 5.65 Å². The van der Waals surface area contributed by atoms with Crippen molar-refractivity contribution in [3.8, 4) is 0 Å². The number of fused-ring (bicyclic) bond motifs is 1. The second kappa shape index (κ2) is 5.41. The second-order valence-corrected chi connectivity index (χ2v) is 5.05. The van der Waals surface area contributed by atoms with Gasteiger partial charge in [0.1, 0.15) is 5.03 Å². The van der Waals surface area contributed by atoms with Crippen molar-refractivity contribution in [2.45, 2.75) is 23.5 Å². The van der Waals surface area contributed by atoms with Crippen LogP contribution in [0, 0.1) is 0 Å². The largest absolute Gasteiger partial charge is 0.354 e. The molecule has 0 unspecified atom stereocenters. The van der Waals surface area contributed by atoms with Crippen LogP contribution in [0.4, 0.5) is 5.95 Å². The summed E-state index contributed by atoms with van der Waals surface area (Å²) in [4.78, 5) is 8.87. The molecule has 0 amide bonds. The van der Waals surface area contributed by atoms with Gasteiger partial charge in [-0.2, -0.15) is 10.1 Å². The zero-order valence-corrected chi connectivity index (χ0v) is 11.8. The van der Waals surface area contributed by atoms with Crippen molar-refractivity contribution in [1.82, 2.24) is 40.4 Å². The molecule has 0 aliphatic heterocycles. The molecule has 0 aliphatic carbocycles. The van der Waals surface area contributed by atoms with Crippen molar-refractivity contribution in [1.29, 1.82) is 0 Å². The van der Waals surface area contributed by atoms with Crippen LogP contribution in [-0.4, -0.2) is 46.9 Å². The molecule has 0 saturated heterocycles. The average Bonchev–Trinajstić information content (AvgIpc) is 3.06. The van der Waals surface area contributed by atoms with E-state index >= 15 is 0 Å². The molecule has 3 aromatic heterocycles. The maximum absolute atomic E-state index is 4.50. The highest BCUT2D eigenvalue weighted by Crippen LogP contribution is 2.29. The molecule has 104 valence electrons. The molecule has 9 nitrogen and oxygen atoms in total. The van der Waals surface area contributed by atoms with Crippen LogP contribution in [0.2, 0.25) is 0 Å². The molecule has 0 bridgehead atoms. The lowest BCUT2D eigenvalue weighted by molar-refractivity contribution is 0.664. The molecule has 0 fully saturated rings. The maximum Gasteiger partial charge on any atom is 0.225 e. The van der Waals surface area contributed by atoms with E-state index in [9.17, 15) is 0 Å². The number of tetrazole rings is 1. The van der Waals surface area contributed by atoms with Crippen LogP contribution in [0.1, 0.15) is 13.3 Å². The summed E-state index contributed by atoms with van der Waals surface area (Å²) >= 11 is 1.38. The summed E-state index contributed by atoms with van der Waals surface area (Å²) in [7, 11) is 1.78. The normalized spacial score (nSPS) is 11.1. The Balaban J connectivity index is 1.99. The third kappa shape index (κ3) is 2.41. The van der Waals surface area contributed by atoms with Crippen LogP contribution in [-0.2, 0) is 7.05 Å². The highest BCUT2D eigenvalue weighted by molar-refractivity contribution is 7.99. The summed E-state index contributed by atoms with van der Waals surface area (Å²) in [5, 5.41) is 23.7. The van der Waals surface area contributed by atoms with Gasteiger partial charge >= 0.3 is 0 Å². The Kier molecular flexibility index (Phi) is 3.46. The van der Waals surface area contributed by atoms with Gasteiger partial charge in [-0.1, -0.05) is 6.92 Å². The number of nitrogens with zero attached hydrogens (tertiary/aromatic N) is 7. The van der Waals surface area contributed by atoms with Crippen LogP contribution in [0.15, 0.2) is 16.4 Å². The number of H-pyrrole nitrogens is 1. The zero-order chi connectivity index (χ0) is 13.9. The van der Waals surface area contributed by atoms with Crippen molar-refractivity contribution in [3.63, 3.8) is 0 Å². The minimum Gasteiger partial charge on any atom is -0.354 e. The minimum atomic E-state index is 0.571. The van der Waals surface area contributed by atoms with Gasteiger partial charge in [0.25, 0.3) is 0 Å². The number of hydrogen-bond donors (Lipinski definition) is 2. The van der Waals surface area contributed by atoms with Crippen LogP contribution in [0.3, 0.4) is 0 Å². The van der Waals surface area contributed by atoms with Gasteiger partial charge in [0.05, 0.1) is 11.6 Å². The summed E-state index contributed by atoms with van der Waals surface area (Å²) in [6.45, 7) is 2.90. The van der Waals surface area contributed by atoms with E-state index in [1.165, 1.54) is 11.8 Å². The standard InChI is InChI=1S/C10H13N9S/c1-3-4-11-9-13-7-6(5-12-15-7)8(14-9)20-10-16-17-18-19(10)2/h5H,3-4H2,1-2H3,(H2,11,12,13,14,15). The smallest absolute Gasteiger partial charge is 0.225 e. The molecule has 3 rings (SSSR count). The van der Waals surface area contributed by atoms with Crippen LogP contribution in [0.5, 0.6) is 0 Å². The summed E-state index contributed by atoms with van der Waals surface area (Å²) in [6, 6.07) is 0. The first-order chi connectivity index (χ1) is 9.78. The number of hydrogen-bond acceptors (Lipinski definition) is 8. The lowest BCUT2D eigenvalue weighted by atomic mass is 10.4. The van der Waals surface area contributed by atoms with Crippen LogP contribution >= 0.6 is 11.8 Å². The van der Waals surface area contributed by atoms with E-state index in [1.807, 2.05) is 0 Å². The van der Waals surface area contributed by atoms with Gasteiger partial charge in [-0.15, -0.1) is 5.10 Å². The molecule has 0 radical (unpaired) electrons.